The summed E-state index contributed by atoms with van der Waals surface area (Å²) in [5.41, 5.74) is 6.34. The van der Waals surface area contributed by atoms with E-state index in [2.05, 4.69) is 65.9 Å². The van der Waals surface area contributed by atoms with E-state index in [1.807, 2.05) is 0 Å². The highest BCUT2D eigenvalue weighted by Gasteiger charge is 2.38. The molecule has 112 valence electrons. The van der Waals surface area contributed by atoms with E-state index in [1.54, 1.807) is 0 Å². The Kier molecular flexibility index (Phi) is 3.92. The molecular weight excluding hydrogens is 242 g/mol. The molecule has 0 heterocycles. The summed E-state index contributed by atoms with van der Waals surface area (Å²) in [5.74, 6) is 0. The van der Waals surface area contributed by atoms with Crippen molar-refractivity contribution in [2.24, 2.45) is 10.8 Å². The van der Waals surface area contributed by atoms with Gasteiger partial charge in [-0.05, 0) is 62.0 Å². The van der Waals surface area contributed by atoms with Gasteiger partial charge >= 0.3 is 0 Å². The Morgan fingerprint density at radius 1 is 0.900 bits per heavy atom. The molecule has 0 radical (unpaired) electrons. The lowest BCUT2D eigenvalue weighted by molar-refractivity contribution is 0.105. The van der Waals surface area contributed by atoms with Gasteiger partial charge in [0.1, 0.15) is 0 Å². The highest BCUT2D eigenvalue weighted by molar-refractivity contribution is 5.58. The molecule has 20 heavy (non-hydrogen) atoms. The van der Waals surface area contributed by atoms with E-state index in [-0.39, 0.29) is 0 Å². The maximum atomic E-state index is 3.86. The van der Waals surface area contributed by atoms with Crippen molar-refractivity contribution in [1.29, 1.82) is 0 Å². The molecule has 1 aliphatic carbocycles. The summed E-state index contributed by atoms with van der Waals surface area (Å²) in [7, 11) is 0. The van der Waals surface area contributed by atoms with Gasteiger partial charge in [-0.15, -0.1) is 0 Å². The first kappa shape index (κ1) is 15.4. The van der Waals surface area contributed by atoms with Crippen molar-refractivity contribution >= 4 is 5.69 Å². The molecule has 0 aliphatic heterocycles. The molecule has 1 saturated carbocycles. The first-order valence-corrected chi connectivity index (χ1v) is 7.92. The fourth-order valence-electron chi connectivity index (χ4n) is 4.56. The Labute approximate surface area is 125 Å². The van der Waals surface area contributed by atoms with Crippen LogP contribution in [0.1, 0.15) is 63.6 Å². The highest BCUT2D eigenvalue weighted by atomic mass is 14.9. The summed E-state index contributed by atoms with van der Waals surface area (Å²) in [6.07, 6.45) is 3.86. The third-order valence-electron chi connectivity index (χ3n) is 4.58. The van der Waals surface area contributed by atoms with Gasteiger partial charge in [0, 0.05) is 11.7 Å². The van der Waals surface area contributed by atoms with Crippen LogP contribution in [0.15, 0.2) is 12.1 Å². The van der Waals surface area contributed by atoms with Crippen molar-refractivity contribution in [3.8, 4) is 0 Å². The molecule has 1 aromatic carbocycles. The molecule has 0 spiro atoms. The predicted octanol–water partition coefficient (Wildman–Crippen LogP) is 5.63. The van der Waals surface area contributed by atoms with Crippen molar-refractivity contribution in [2.45, 2.75) is 73.8 Å². The third-order valence-corrected chi connectivity index (χ3v) is 4.58. The van der Waals surface area contributed by atoms with Crippen molar-refractivity contribution in [1.82, 2.24) is 0 Å². The van der Waals surface area contributed by atoms with Crippen LogP contribution in [0.4, 0.5) is 5.69 Å². The van der Waals surface area contributed by atoms with E-state index in [0.29, 0.717) is 16.9 Å². The molecule has 1 aromatic rings. The van der Waals surface area contributed by atoms with Gasteiger partial charge in [0.15, 0.2) is 0 Å². The summed E-state index contributed by atoms with van der Waals surface area (Å²) in [6, 6.07) is 5.16. The number of benzene rings is 1. The Morgan fingerprint density at radius 3 is 1.80 bits per heavy atom. The molecule has 0 aromatic heterocycles. The fraction of sp³-hybridized carbons (Fsp3) is 0.684. The summed E-state index contributed by atoms with van der Waals surface area (Å²) >= 11 is 0. The van der Waals surface area contributed by atoms with Crippen LogP contribution in [0.2, 0.25) is 0 Å². The molecule has 1 aliphatic rings. The maximum Gasteiger partial charge on any atom is 0.0401 e. The van der Waals surface area contributed by atoms with Crippen LogP contribution in [-0.2, 0) is 0 Å². The van der Waals surface area contributed by atoms with Crippen LogP contribution in [-0.4, -0.2) is 6.04 Å². The second-order valence-corrected chi connectivity index (χ2v) is 8.53. The van der Waals surface area contributed by atoms with Crippen LogP contribution >= 0.6 is 0 Å². The summed E-state index contributed by atoms with van der Waals surface area (Å²) in [4.78, 5) is 0. The van der Waals surface area contributed by atoms with Crippen LogP contribution in [0.25, 0.3) is 0 Å². The zero-order valence-corrected chi connectivity index (χ0v) is 14.4. The molecule has 0 saturated heterocycles. The van der Waals surface area contributed by atoms with Gasteiger partial charge < -0.3 is 5.32 Å². The minimum atomic E-state index is 0.436. The van der Waals surface area contributed by atoms with E-state index >= 15 is 0 Å². The van der Waals surface area contributed by atoms with Gasteiger partial charge in [0.25, 0.3) is 0 Å². The molecule has 1 N–H and O–H groups in total. The Balaban J connectivity index is 2.22. The lowest BCUT2D eigenvalue weighted by Gasteiger charge is -2.45. The first-order valence-electron chi connectivity index (χ1n) is 7.92. The van der Waals surface area contributed by atoms with Crippen LogP contribution in [0.3, 0.4) is 0 Å². The van der Waals surface area contributed by atoms with Crippen LogP contribution in [0.5, 0.6) is 0 Å². The topological polar surface area (TPSA) is 12.0 Å². The zero-order chi connectivity index (χ0) is 15.1. The molecule has 0 amide bonds. The number of aryl methyl sites for hydroxylation is 3. The Morgan fingerprint density at radius 2 is 1.35 bits per heavy atom. The highest BCUT2D eigenvalue weighted by Crippen LogP contribution is 2.46. The molecule has 1 fully saturated rings. The normalized spacial score (nSPS) is 21.8. The minimum Gasteiger partial charge on any atom is -0.382 e. The van der Waals surface area contributed by atoms with Gasteiger partial charge in [0.05, 0.1) is 0 Å². The number of rotatable bonds is 2. The lowest BCUT2D eigenvalue weighted by Crippen LogP contribution is -2.40. The standard InChI is InChI=1S/C19H31N/c1-13-8-14(2)17(15(3)9-13)20-16-10-18(4,5)12-19(6,7)11-16/h8-9,16,20H,10-12H2,1-7H3. The van der Waals surface area contributed by atoms with Crippen molar-refractivity contribution in [2.75, 3.05) is 5.32 Å². The molecule has 2 rings (SSSR count). The van der Waals surface area contributed by atoms with Crippen molar-refractivity contribution < 1.29 is 0 Å². The average Bonchev–Trinajstić information content (AvgIpc) is 2.18. The maximum absolute atomic E-state index is 3.86. The van der Waals surface area contributed by atoms with Crippen LogP contribution in [0, 0.1) is 31.6 Å². The third kappa shape index (κ3) is 3.56. The lowest BCUT2D eigenvalue weighted by atomic mass is 9.63. The molecule has 0 bridgehead atoms. The zero-order valence-electron chi connectivity index (χ0n) is 14.4. The van der Waals surface area contributed by atoms with Crippen LogP contribution < -0.4 is 5.32 Å². The van der Waals surface area contributed by atoms with E-state index in [4.69, 9.17) is 0 Å². The molecule has 1 heteroatoms. The summed E-state index contributed by atoms with van der Waals surface area (Å²) < 4.78 is 0. The van der Waals surface area contributed by atoms with Gasteiger partial charge in [-0.25, -0.2) is 0 Å². The monoisotopic (exact) mass is 273 g/mol. The van der Waals surface area contributed by atoms with Gasteiger partial charge in [-0.2, -0.15) is 0 Å². The Bertz CT molecular complexity index is 457. The second-order valence-electron chi connectivity index (χ2n) is 8.53. The number of hydrogen-bond donors (Lipinski definition) is 1. The van der Waals surface area contributed by atoms with Gasteiger partial charge in [-0.3, -0.25) is 0 Å². The molecule has 1 nitrogen and oxygen atoms in total. The largest absolute Gasteiger partial charge is 0.382 e. The van der Waals surface area contributed by atoms with E-state index in [9.17, 15) is 0 Å². The quantitative estimate of drug-likeness (QED) is 0.736. The summed E-state index contributed by atoms with van der Waals surface area (Å²) in [5, 5.41) is 3.86. The Hall–Kier alpha value is -0.980. The molecule has 0 atom stereocenters. The average molecular weight is 273 g/mol. The fourth-order valence-corrected chi connectivity index (χ4v) is 4.56. The van der Waals surface area contributed by atoms with Gasteiger partial charge in [-0.1, -0.05) is 45.4 Å². The van der Waals surface area contributed by atoms with Gasteiger partial charge in [0.2, 0.25) is 0 Å². The molecule has 0 unspecified atom stereocenters. The van der Waals surface area contributed by atoms with Crippen molar-refractivity contribution in [3.05, 3.63) is 28.8 Å². The molecular formula is C19H31N. The first-order chi connectivity index (χ1) is 9.08. The van der Waals surface area contributed by atoms with E-state index < -0.39 is 0 Å². The number of nitrogens with one attached hydrogen (secondary N) is 1. The van der Waals surface area contributed by atoms with E-state index in [0.717, 1.165) is 0 Å². The minimum absolute atomic E-state index is 0.436. The summed E-state index contributed by atoms with van der Waals surface area (Å²) in [6.45, 7) is 16.3. The second kappa shape index (κ2) is 5.09. The van der Waals surface area contributed by atoms with Crippen molar-refractivity contribution in [3.63, 3.8) is 0 Å². The predicted molar refractivity (Wildman–Crippen MR) is 89.5 cm³/mol. The number of anilines is 1. The SMILES string of the molecule is Cc1cc(C)c(NC2CC(C)(C)CC(C)(C)C2)c(C)c1. The number of hydrogen-bond acceptors (Lipinski definition) is 1. The smallest absolute Gasteiger partial charge is 0.0401 e. The van der Waals surface area contributed by atoms with E-state index in [1.165, 1.54) is 41.6 Å².